The molecule has 19 heavy (non-hydrogen) atoms. The summed E-state index contributed by atoms with van der Waals surface area (Å²) in [4.78, 5) is 2.50. The molecule has 0 radical (unpaired) electrons. The molecule has 1 aromatic carbocycles. The maximum atomic E-state index is 6.27. The number of benzene rings is 1. The van der Waals surface area contributed by atoms with Crippen LogP contribution in [0.25, 0.3) is 0 Å². The summed E-state index contributed by atoms with van der Waals surface area (Å²) >= 11 is 0. The van der Waals surface area contributed by atoms with Crippen molar-refractivity contribution < 1.29 is 4.74 Å². The Labute approximate surface area is 116 Å². The molecule has 1 aromatic rings. The highest BCUT2D eigenvalue weighted by atomic mass is 16.5. The van der Waals surface area contributed by atoms with Gasteiger partial charge in [0.25, 0.3) is 0 Å². The lowest BCUT2D eigenvalue weighted by Crippen LogP contribution is -2.38. The van der Waals surface area contributed by atoms with E-state index >= 15 is 0 Å². The molecular formula is C16H26N2O. The molecule has 1 saturated heterocycles. The Kier molecular flexibility index (Phi) is 4.83. The Balaban J connectivity index is 1.78. The highest BCUT2D eigenvalue weighted by Crippen LogP contribution is 2.21. The molecule has 106 valence electrons. The molecule has 0 spiro atoms. The molecule has 1 heterocycles. The molecule has 0 aliphatic carbocycles. The van der Waals surface area contributed by atoms with Crippen LogP contribution in [0.4, 0.5) is 0 Å². The maximum Gasteiger partial charge on any atom is 0.119 e. The van der Waals surface area contributed by atoms with Crippen LogP contribution < -0.4 is 10.5 Å². The average Bonchev–Trinajstić information content (AvgIpc) is 2.87. The first-order chi connectivity index (χ1) is 9.06. The van der Waals surface area contributed by atoms with Crippen molar-refractivity contribution in [2.45, 2.75) is 39.3 Å². The predicted molar refractivity (Wildman–Crippen MR) is 79.5 cm³/mol. The quantitative estimate of drug-likeness (QED) is 0.885. The topological polar surface area (TPSA) is 38.5 Å². The Bertz CT molecular complexity index is 388. The van der Waals surface area contributed by atoms with Gasteiger partial charge in [0.15, 0.2) is 0 Å². The molecule has 1 aliphatic rings. The standard InChI is InChI=1S/C16H26N2O/c1-12(2)18-9-8-14(10-18)16(17)11-19-15-6-4-13(3)5-7-15/h4-7,12,14,16H,8-11,17H2,1-3H3. The molecule has 2 atom stereocenters. The Morgan fingerprint density at radius 2 is 2.00 bits per heavy atom. The minimum Gasteiger partial charge on any atom is -0.492 e. The van der Waals surface area contributed by atoms with E-state index in [0.717, 1.165) is 12.3 Å². The molecule has 3 nitrogen and oxygen atoms in total. The van der Waals surface area contributed by atoms with Gasteiger partial charge in [-0.3, -0.25) is 0 Å². The third-order valence-corrected chi connectivity index (χ3v) is 4.06. The lowest BCUT2D eigenvalue weighted by molar-refractivity contribution is 0.225. The first-order valence-electron chi connectivity index (χ1n) is 7.25. The fraction of sp³-hybridized carbons (Fsp3) is 0.625. The third kappa shape index (κ3) is 3.95. The average molecular weight is 262 g/mol. The van der Waals surface area contributed by atoms with Crippen molar-refractivity contribution in [3.63, 3.8) is 0 Å². The minimum absolute atomic E-state index is 0.130. The van der Waals surface area contributed by atoms with Crippen LogP contribution in [0, 0.1) is 12.8 Å². The summed E-state index contributed by atoms with van der Waals surface area (Å²) < 4.78 is 5.79. The number of hydrogen-bond donors (Lipinski definition) is 1. The lowest BCUT2D eigenvalue weighted by Gasteiger charge is -2.23. The van der Waals surface area contributed by atoms with Gasteiger partial charge >= 0.3 is 0 Å². The van der Waals surface area contributed by atoms with E-state index in [9.17, 15) is 0 Å². The molecule has 0 aromatic heterocycles. The van der Waals surface area contributed by atoms with Crippen LogP contribution in [-0.2, 0) is 0 Å². The van der Waals surface area contributed by atoms with Crippen molar-refractivity contribution in [2.75, 3.05) is 19.7 Å². The van der Waals surface area contributed by atoms with E-state index in [2.05, 4.69) is 37.8 Å². The van der Waals surface area contributed by atoms with Crippen molar-refractivity contribution in [2.24, 2.45) is 11.7 Å². The molecular weight excluding hydrogens is 236 g/mol. The Morgan fingerprint density at radius 1 is 1.32 bits per heavy atom. The van der Waals surface area contributed by atoms with Crippen molar-refractivity contribution in [1.82, 2.24) is 4.90 Å². The predicted octanol–water partition coefficient (Wildman–Crippen LogP) is 2.43. The first-order valence-corrected chi connectivity index (χ1v) is 7.25. The van der Waals surface area contributed by atoms with Crippen LogP contribution in [0.3, 0.4) is 0 Å². The van der Waals surface area contributed by atoms with E-state index in [1.54, 1.807) is 0 Å². The van der Waals surface area contributed by atoms with E-state index in [0.29, 0.717) is 18.6 Å². The molecule has 2 unspecified atom stereocenters. The van der Waals surface area contributed by atoms with E-state index in [1.165, 1.54) is 18.5 Å². The second kappa shape index (κ2) is 6.40. The number of hydrogen-bond acceptors (Lipinski definition) is 3. The fourth-order valence-corrected chi connectivity index (χ4v) is 2.60. The van der Waals surface area contributed by atoms with Gasteiger partial charge in [-0.1, -0.05) is 17.7 Å². The number of nitrogens with two attached hydrogens (primary N) is 1. The van der Waals surface area contributed by atoms with Gasteiger partial charge in [0, 0.05) is 18.6 Å². The summed E-state index contributed by atoms with van der Waals surface area (Å²) in [6, 6.07) is 8.91. The second-order valence-electron chi connectivity index (χ2n) is 5.93. The molecule has 0 bridgehead atoms. The molecule has 0 amide bonds. The summed E-state index contributed by atoms with van der Waals surface area (Å²) in [6.07, 6.45) is 1.19. The summed E-state index contributed by atoms with van der Waals surface area (Å²) in [6.45, 7) is 9.46. The van der Waals surface area contributed by atoms with E-state index in [-0.39, 0.29) is 6.04 Å². The molecule has 3 heteroatoms. The van der Waals surface area contributed by atoms with Crippen LogP contribution in [0.2, 0.25) is 0 Å². The van der Waals surface area contributed by atoms with Gasteiger partial charge in [-0.2, -0.15) is 0 Å². The summed E-state index contributed by atoms with van der Waals surface area (Å²) in [7, 11) is 0. The van der Waals surface area contributed by atoms with Crippen LogP contribution in [0.5, 0.6) is 5.75 Å². The summed E-state index contributed by atoms with van der Waals surface area (Å²) in [5.74, 6) is 1.48. The second-order valence-corrected chi connectivity index (χ2v) is 5.93. The first kappa shape index (κ1) is 14.4. The fourth-order valence-electron chi connectivity index (χ4n) is 2.60. The number of nitrogens with zero attached hydrogens (tertiary/aromatic N) is 1. The zero-order chi connectivity index (χ0) is 13.8. The highest BCUT2D eigenvalue weighted by Gasteiger charge is 2.28. The van der Waals surface area contributed by atoms with Gasteiger partial charge in [-0.15, -0.1) is 0 Å². The highest BCUT2D eigenvalue weighted by molar-refractivity contribution is 5.26. The third-order valence-electron chi connectivity index (χ3n) is 4.06. The zero-order valence-electron chi connectivity index (χ0n) is 12.3. The van der Waals surface area contributed by atoms with Gasteiger partial charge in [-0.25, -0.2) is 0 Å². The van der Waals surface area contributed by atoms with Crippen LogP contribution >= 0.6 is 0 Å². The van der Waals surface area contributed by atoms with Gasteiger partial charge < -0.3 is 15.4 Å². The van der Waals surface area contributed by atoms with Gasteiger partial charge in [-0.05, 0) is 51.8 Å². The van der Waals surface area contributed by atoms with Gasteiger partial charge in [0.1, 0.15) is 12.4 Å². The maximum absolute atomic E-state index is 6.27. The summed E-state index contributed by atoms with van der Waals surface area (Å²) in [5, 5.41) is 0. The van der Waals surface area contributed by atoms with Crippen molar-refractivity contribution >= 4 is 0 Å². The number of ether oxygens (including phenoxy) is 1. The van der Waals surface area contributed by atoms with Gasteiger partial charge in [0.2, 0.25) is 0 Å². The molecule has 1 aliphatic heterocycles. The molecule has 2 N–H and O–H groups in total. The molecule has 0 saturated carbocycles. The summed E-state index contributed by atoms with van der Waals surface area (Å²) in [5.41, 5.74) is 7.52. The molecule has 2 rings (SSSR count). The molecule has 1 fully saturated rings. The Hall–Kier alpha value is -1.06. The number of likely N-dealkylation sites (tertiary alicyclic amines) is 1. The van der Waals surface area contributed by atoms with E-state index in [4.69, 9.17) is 10.5 Å². The normalized spacial score (nSPS) is 21.8. The Morgan fingerprint density at radius 3 is 2.58 bits per heavy atom. The SMILES string of the molecule is Cc1ccc(OCC(N)C2CCN(C(C)C)C2)cc1. The number of rotatable bonds is 5. The smallest absolute Gasteiger partial charge is 0.119 e. The van der Waals surface area contributed by atoms with Crippen molar-refractivity contribution in [3.8, 4) is 5.75 Å². The zero-order valence-corrected chi connectivity index (χ0v) is 12.3. The van der Waals surface area contributed by atoms with Crippen LogP contribution in [-0.4, -0.2) is 36.7 Å². The van der Waals surface area contributed by atoms with Crippen molar-refractivity contribution in [1.29, 1.82) is 0 Å². The van der Waals surface area contributed by atoms with Crippen molar-refractivity contribution in [3.05, 3.63) is 29.8 Å². The van der Waals surface area contributed by atoms with E-state index < -0.39 is 0 Å². The minimum atomic E-state index is 0.130. The largest absolute Gasteiger partial charge is 0.492 e. The monoisotopic (exact) mass is 262 g/mol. The number of aryl methyl sites for hydroxylation is 1. The van der Waals surface area contributed by atoms with Gasteiger partial charge in [0.05, 0.1) is 0 Å². The van der Waals surface area contributed by atoms with E-state index in [1.807, 2.05) is 12.1 Å². The lowest BCUT2D eigenvalue weighted by atomic mass is 10.0. The van der Waals surface area contributed by atoms with Crippen LogP contribution in [0.1, 0.15) is 25.8 Å². The van der Waals surface area contributed by atoms with Crippen LogP contribution in [0.15, 0.2) is 24.3 Å².